The zero-order chi connectivity index (χ0) is 16.8. The molecule has 0 atom stereocenters. The van der Waals surface area contributed by atoms with E-state index in [1.165, 1.54) is 0 Å². The van der Waals surface area contributed by atoms with Crippen molar-refractivity contribution in [1.29, 1.82) is 0 Å². The Labute approximate surface area is 147 Å². The van der Waals surface area contributed by atoms with Gasteiger partial charge in [0.1, 0.15) is 0 Å². The summed E-state index contributed by atoms with van der Waals surface area (Å²) in [5.74, 6) is 2.42. The van der Waals surface area contributed by atoms with E-state index in [2.05, 4.69) is 24.1 Å². The minimum Gasteiger partial charge on any atom is -0.493 e. The third kappa shape index (κ3) is 4.75. The van der Waals surface area contributed by atoms with Crippen molar-refractivity contribution in [3.05, 3.63) is 18.2 Å². The summed E-state index contributed by atoms with van der Waals surface area (Å²) in [4.78, 5) is 6.82. The smallest absolute Gasteiger partial charge is 0.175 e. The molecule has 1 fully saturated rings. The normalized spacial score (nSPS) is 16.6. The molecule has 0 spiro atoms. The Kier molecular flexibility index (Phi) is 6.53. The summed E-state index contributed by atoms with van der Waals surface area (Å²) < 4.78 is 10.6. The molecular weight excluding hydrogens is 330 g/mol. The number of methoxy groups -OCH3 is 2. The van der Waals surface area contributed by atoms with Crippen LogP contribution < -0.4 is 14.8 Å². The number of rotatable bonds is 4. The van der Waals surface area contributed by atoms with Gasteiger partial charge in [-0.05, 0) is 44.6 Å². The van der Waals surface area contributed by atoms with Crippen LogP contribution in [0.4, 0.5) is 5.69 Å². The highest BCUT2D eigenvalue weighted by molar-refractivity contribution is 8.14. The predicted molar refractivity (Wildman–Crippen MR) is 101 cm³/mol. The molecular formula is C16H23N3O2S2. The molecule has 2 rings (SSSR count). The lowest BCUT2D eigenvalue weighted by molar-refractivity contribution is 0.355. The molecule has 7 heteroatoms. The Morgan fingerprint density at radius 2 is 2.04 bits per heavy atom. The molecule has 23 heavy (non-hydrogen) atoms. The van der Waals surface area contributed by atoms with E-state index >= 15 is 0 Å². The molecule has 0 unspecified atom stereocenters. The molecule has 1 aromatic rings. The van der Waals surface area contributed by atoms with Crippen LogP contribution in [0.2, 0.25) is 0 Å². The largest absolute Gasteiger partial charge is 0.493 e. The number of hydrogen-bond acceptors (Lipinski definition) is 5. The van der Waals surface area contributed by atoms with E-state index in [1.54, 1.807) is 26.0 Å². The topological polar surface area (TPSA) is 46.1 Å². The summed E-state index contributed by atoms with van der Waals surface area (Å²) >= 11 is 7.23. The molecule has 5 nitrogen and oxygen atoms in total. The van der Waals surface area contributed by atoms with Crippen LogP contribution in [0.1, 0.15) is 20.3 Å². The summed E-state index contributed by atoms with van der Waals surface area (Å²) in [7, 11) is 3.25. The monoisotopic (exact) mass is 353 g/mol. The molecule has 0 bridgehead atoms. The van der Waals surface area contributed by atoms with Crippen molar-refractivity contribution in [1.82, 2.24) is 10.2 Å². The third-order valence-corrected chi connectivity index (χ3v) is 4.64. The summed E-state index contributed by atoms with van der Waals surface area (Å²) in [6.07, 6.45) is 1.09. The van der Waals surface area contributed by atoms with E-state index in [9.17, 15) is 0 Å². The Bertz CT molecular complexity index is 591. The van der Waals surface area contributed by atoms with Crippen molar-refractivity contribution in [3.63, 3.8) is 0 Å². The number of nitrogens with zero attached hydrogens (tertiary/aromatic N) is 2. The lowest BCUT2D eigenvalue weighted by atomic mass is 10.3. The van der Waals surface area contributed by atoms with Crippen molar-refractivity contribution in [2.24, 2.45) is 4.99 Å². The SMILES string of the molecule is COc1ccc(N=C2SCCCN2C(=S)NC(C)C)cc1OC. The van der Waals surface area contributed by atoms with Gasteiger partial charge >= 0.3 is 0 Å². The average molecular weight is 354 g/mol. The Morgan fingerprint density at radius 1 is 1.30 bits per heavy atom. The average Bonchev–Trinajstić information content (AvgIpc) is 2.54. The molecule has 1 N–H and O–H groups in total. The van der Waals surface area contributed by atoms with E-state index in [0.29, 0.717) is 17.5 Å². The zero-order valence-electron chi connectivity index (χ0n) is 14.0. The number of hydrogen-bond donors (Lipinski definition) is 1. The third-order valence-electron chi connectivity index (χ3n) is 3.24. The summed E-state index contributed by atoms with van der Waals surface area (Å²) in [6.45, 7) is 5.04. The highest BCUT2D eigenvalue weighted by atomic mass is 32.2. The second-order valence-electron chi connectivity index (χ2n) is 5.39. The van der Waals surface area contributed by atoms with Crippen molar-refractivity contribution < 1.29 is 9.47 Å². The Morgan fingerprint density at radius 3 is 2.70 bits per heavy atom. The van der Waals surface area contributed by atoms with Gasteiger partial charge in [0.05, 0.1) is 19.9 Å². The molecule has 1 saturated heterocycles. The number of thiocarbonyl (C=S) groups is 1. The first-order valence-corrected chi connectivity index (χ1v) is 8.96. The fourth-order valence-corrected chi connectivity index (χ4v) is 3.61. The van der Waals surface area contributed by atoms with Gasteiger partial charge in [-0.3, -0.25) is 4.90 Å². The standard InChI is InChI=1S/C16H23N3O2S2/c1-11(2)17-15(22)19-8-5-9-23-16(19)18-12-6-7-13(20-3)14(10-12)21-4/h6-7,10-11H,5,8-9H2,1-4H3,(H,17,22). The molecule has 0 aliphatic carbocycles. The maximum absolute atomic E-state index is 5.51. The fourth-order valence-electron chi connectivity index (χ4n) is 2.17. The van der Waals surface area contributed by atoms with Crippen molar-refractivity contribution >= 4 is 39.9 Å². The Hall–Kier alpha value is -1.47. The summed E-state index contributed by atoms with van der Waals surface area (Å²) in [5.41, 5.74) is 0.824. The Balaban J connectivity index is 2.25. The van der Waals surface area contributed by atoms with Crippen LogP contribution in [-0.4, -0.2) is 47.7 Å². The van der Waals surface area contributed by atoms with Gasteiger partial charge in [0, 0.05) is 24.4 Å². The predicted octanol–water partition coefficient (Wildman–Crippen LogP) is 3.41. The van der Waals surface area contributed by atoms with Crippen LogP contribution in [-0.2, 0) is 0 Å². The van der Waals surface area contributed by atoms with Gasteiger partial charge in [-0.1, -0.05) is 11.8 Å². The lowest BCUT2D eigenvalue weighted by Crippen LogP contribution is -2.47. The van der Waals surface area contributed by atoms with Gasteiger partial charge in [-0.15, -0.1) is 0 Å². The second-order valence-corrected chi connectivity index (χ2v) is 6.84. The second kappa shape index (κ2) is 8.40. The molecule has 0 saturated carbocycles. The number of ether oxygens (including phenoxy) is 2. The molecule has 0 amide bonds. The van der Waals surface area contributed by atoms with E-state index in [1.807, 2.05) is 18.2 Å². The number of amidine groups is 1. The van der Waals surface area contributed by atoms with Crippen LogP contribution in [0.25, 0.3) is 0 Å². The quantitative estimate of drug-likeness (QED) is 0.837. The van der Waals surface area contributed by atoms with Gasteiger partial charge in [-0.25, -0.2) is 4.99 Å². The lowest BCUT2D eigenvalue weighted by Gasteiger charge is -2.31. The van der Waals surface area contributed by atoms with Crippen LogP contribution in [0.5, 0.6) is 11.5 Å². The minimum absolute atomic E-state index is 0.303. The fraction of sp³-hybridized carbons (Fsp3) is 0.500. The van der Waals surface area contributed by atoms with Gasteiger partial charge in [0.25, 0.3) is 0 Å². The van der Waals surface area contributed by atoms with E-state index in [-0.39, 0.29) is 0 Å². The van der Waals surface area contributed by atoms with E-state index in [0.717, 1.165) is 34.7 Å². The first-order chi connectivity index (χ1) is 11.0. The van der Waals surface area contributed by atoms with Crippen LogP contribution in [0.3, 0.4) is 0 Å². The molecule has 0 aromatic heterocycles. The number of aliphatic imine (C=N–C) groups is 1. The van der Waals surface area contributed by atoms with Crippen molar-refractivity contribution in [3.8, 4) is 11.5 Å². The highest BCUT2D eigenvalue weighted by Crippen LogP contribution is 2.32. The van der Waals surface area contributed by atoms with Crippen molar-refractivity contribution in [2.45, 2.75) is 26.3 Å². The number of benzene rings is 1. The van der Waals surface area contributed by atoms with E-state index < -0.39 is 0 Å². The maximum Gasteiger partial charge on any atom is 0.175 e. The molecule has 1 aliphatic rings. The molecule has 1 heterocycles. The number of thioether (sulfide) groups is 1. The van der Waals surface area contributed by atoms with Crippen LogP contribution in [0.15, 0.2) is 23.2 Å². The molecule has 0 radical (unpaired) electrons. The van der Waals surface area contributed by atoms with E-state index in [4.69, 9.17) is 26.7 Å². The van der Waals surface area contributed by atoms with Crippen LogP contribution >= 0.6 is 24.0 Å². The van der Waals surface area contributed by atoms with Gasteiger partial charge in [0.15, 0.2) is 21.8 Å². The highest BCUT2D eigenvalue weighted by Gasteiger charge is 2.21. The molecule has 126 valence electrons. The van der Waals surface area contributed by atoms with Gasteiger partial charge < -0.3 is 14.8 Å². The van der Waals surface area contributed by atoms with Crippen LogP contribution in [0, 0.1) is 0 Å². The zero-order valence-corrected chi connectivity index (χ0v) is 15.6. The maximum atomic E-state index is 5.51. The first kappa shape index (κ1) is 17.9. The summed E-state index contributed by atoms with van der Waals surface area (Å²) in [5, 5.41) is 4.93. The first-order valence-electron chi connectivity index (χ1n) is 7.56. The minimum atomic E-state index is 0.303. The van der Waals surface area contributed by atoms with Gasteiger partial charge in [-0.2, -0.15) is 0 Å². The van der Waals surface area contributed by atoms with Crippen molar-refractivity contribution in [2.75, 3.05) is 26.5 Å². The number of nitrogens with one attached hydrogen (secondary N) is 1. The summed E-state index contributed by atoms with van der Waals surface area (Å²) in [6, 6.07) is 5.95. The van der Waals surface area contributed by atoms with Gasteiger partial charge in [0.2, 0.25) is 0 Å². The molecule has 1 aliphatic heterocycles. The molecule has 1 aromatic carbocycles.